The van der Waals surface area contributed by atoms with E-state index in [1.807, 2.05) is 6.92 Å². The van der Waals surface area contributed by atoms with Crippen LogP contribution in [0, 0.1) is 22.7 Å². The average molecular weight is 222 g/mol. The molecule has 0 aliphatic heterocycles. The maximum absolute atomic E-state index is 12.0. The van der Waals surface area contributed by atoms with Crippen LogP contribution in [0.25, 0.3) is 0 Å². The van der Waals surface area contributed by atoms with Crippen LogP contribution in [0.5, 0.6) is 0 Å². The lowest BCUT2D eigenvalue weighted by molar-refractivity contribution is -0.128. The Kier molecular flexibility index (Phi) is 4.35. The summed E-state index contributed by atoms with van der Waals surface area (Å²) in [6.07, 6.45) is 5.52. The van der Waals surface area contributed by atoms with Gasteiger partial charge in [-0.3, -0.25) is 4.79 Å². The summed E-state index contributed by atoms with van der Waals surface area (Å²) in [5.74, 6) is 0.487. The van der Waals surface area contributed by atoms with Crippen molar-refractivity contribution in [2.24, 2.45) is 11.3 Å². The minimum absolute atomic E-state index is 0.114. The van der Waals surface area contributed by atoms with E-state index in [4.69, 9.17) is 5.26 Å². The van der Waals surface area contributed by atoms with Crippen LogP contribution in [0.2, 0.25) is 0 Å². The van der Waals surface area contributed by atoms with Gasteiger partial charge in [0, 0.05) is 6.04 Å². The number of nitrogens with zero attached hydrogens (tertiary/aromatic N) is 1. The molecule has 1 aliphatic rings. The molecule has 1 aliphatic carbocycles. The molecule has 1 N–H and O–H groups in total. The molecule has 16 heavy (non-hydrogen) atoms. The molecule has 1 fully saturated rings. The van der Waals surface area contributed by atoms with E-state index in [2.05, 4.69) is 18.3 Å². The summed E-state index contributed by atoms with van der Waals surface area (Å²) in [4.78, 5) is 12.0. The second kappa shape index (κ2) is 5.34. The van der Waals surface area contributed by atoms with Crippen molar-refractivity contribution in [2.45, 2.75) is 58.9 Å². The normalized spacial score (nSPS) is 22.1. The third-order valence-electron chi connectivity index (χ3n) is 3.92. The average Bonchev–Trinajstić information content (AvgIpc) is 2.81. The van der Waals surface area contributed by atoms with Crippen LogP contribution in [0.3, 0.4) is 0 Å². The predicted octanol–water partition coefficient (Wildman–Crippen LogP) is 2.62. The summed E-state index contributed by atoms with van der Waals surface area (Å²) in [6.45, 7) is 5.65. The van der Waals surface area contributed by atoms with Gasteiger partial charge in [0.1, 0.15) is 5.41 Å². The minimum atomic E-state index is -0.868. The lowest BCUT2D eigenvalue weighted by atomic mass is 9.87. The second-order valence-corrected chi connectivity index (χ2v) is 5.10. The Morgan fingerprint density at radius 3 is 2.56 bits per heavy atom. The first-order valence-corrected chi connectivity index (χ1v) is 6.25. The van der Waals surface area contributed by atoms with Crippen LogP contribution in [-0.2, 0) is 4.79 Å². The molecule has 3 heteroatoms. The van der Waals surface area contributed by atoms with Gasteiger partial charge in [-0.05, 0) is 39.0 Å². The number of hydrogen-bond acceptors (Lipinski definition) is 2. The Balaban J connectivity index is 2.53. The summed E-state index contributed by atoms with van der Waals surface area (Å²) in [5.41, 5.74) is -0.868. The van der Waals surface area contributed by atoms with Crippen LogP contribution >= 0.6 is 0 Å². The van der Waals surface area contributed by atoms with Gasteiger partial charge in [0.05, 0.1) is 6.07 Å². The third-order valence-corrected chi connectivity index (χ3v) is 3.92. The number of nitrogens with one attached hydrogen (secondary N) is 1. The molecule has 0 heterocycles. The number of nitriles is 1. The quantitative estimate of drug-likeness (QED) is 0.795. The molecule has 1 saturated carbocycles. The fraction of sp³-hybridized carbons (Fsp3) is 0.846. The molecule has 2 atom stereocenters. The molecule has 0 aromatic carbocycles. The Hall–Kier alpha value is -1.04. The minimum Gasteiger partial charge on any atom is -0.352 e. The summed E-state index contributed by atoms with van der Waals surface area (Å²) in [7, 11) is 0. The number of rotatable bonds is 4. The van der Waals surface area contributed by atoms with Crippen molar-refractivity contribution in [3.8, 4) is 6.07 Å². The highest BCUT2D eigenvalue weighted by atomic mass is 16.2. The highest BCUT2D eigenvalue weighted by molar-refractivity contribution is 5.85. The van der Waals surface area contributed by atoms with Crippen LogP contribution < -0.4 is 5.32 Å². The Labute approximate surface area is 98.2 Å². The molecule has 0 radical (unpaired) electrons. The molecule has 0 bridgehead atoms. The van der Waals surface area contributed by atoms with Gasteiger partial charge < -0.3 is 5.32 Å². The van der Waals surface area contributed by atoms with Gasteiger partial charge in [0.15, 0.2) is 0 Å². The maximum Gasteiger partial charge on any atom is 0.240 e. The van der Waals surface area contributed by atoms with Crippen LogP contribution in [0.15, 0.2) is 0 Å². The van der Waals surface area contributed by atoms with E-state index in [-0.39, 0.29) is 11.9 Å². The summed E-state index contributed by atoms with van der Waals surface area (Å²) < 4.78 is 0. The number of carbonyl (C=O) groups excluding carboxylic acids is 1. The van der Waals surface area contributed by atoms with Gasteiger partial charge in [0.2, 0.25) is 5.91 Å². The van der Waals surface area contributed by atoms with Crippen molar-refractivity contribution in [1.29, 1.82) is 5.26 Å². The Morgan fingerprint density at radius 2 is 2.12 bits per heavy atom. The van der Waals surface area contributed by atoms with Crippen molar-refractivity contribution in [2.75, 3.05) is 0 Å². The molecular weight excluding hydrogens is 200 g/mol. The smallest absolute Gasteiger partial charge is 0.240 e. The lowest BCUT2D eigenvalue weighted by Crippen LogP contribution is -2.44. The second-order valence-electron chi connectivity index (χ2n) is 5.10. The van der Waals surface area contributed by atoms with Gasteiger partial charge in [-0.25, -0.2) is 0 Å². The summed E-state index contributed by atoms with van der Waals surface area (Å²) in [6, 6.07) is 2.31. The van der Waals surface area contributed by atoms with Gasteiger partial charge in [-0.2, -0.15) is 5.26 Å². The Morgan fingerprint density at radius 1 is 1.56 bits per heavy atom. The van der Waals surface area contributed by atoms with Gasteiger partial charge in [-0.1, -0.05) is 19.8 Å². The number of amides is 1. The summed E-state index contributed by atoms with van der Waals surface area (Å²) in [5, 5.41) is 12.0. The van der Waals surface area contributed by atoms with E-state index < -0.39 is 5.41 Å². The molecule has 0 spiro atoms. The van der Waals surface area contributed by atoms with Gasteiger partial charge in [-0.15, -0.1) is 0 Å². The van der Waals surface area contributed by atoms with Crippen molar-refractivity contribution in [1.82, 2.24) is 5.32 Å². The highest BCUT2D eigenvalue weighted by Gasteiger charge is 2.33. The van der Waals surface area contributed by atoms with E-state index >= 15 is 0 Å². The first-order chi connectivity index (χ1) is 7.53. The van der Waals surface area contributed by atoms with E-state index in [1.165, 1.54) is 25.7 Å². The largest absolute Gasteiger partial charge is 0.352 e. The van der Waals surface area contributed by atoms with Crippen molar-refractivity contribution < 1.29 is 4.79 Å². The van der Waals surface area contributed by atoms with E-state index in [1.54, 1.807) is 6.92 Å². The fourth-order valence-electron chi connectivity index (χ4n) is 2.23. The summed E-state index contributed by atoms with van der Waals surface area (Å²) >= 11 is 0. The molecule has 90 valence electrons. The number of carbonyl (C=O) groups is 1. The fourth-order valence-corrected chi connectivity index (χ4v) is 2.23. The first-order valence-electron chi connectivity index (χ1n) is 6.25. The predicted molar refractivity (Wildman–Crippen MR) is 63.6 cm³/mol. The van der Waals surface area contributed by atoms with E-state index in [0.29, 0.717) is 12.3 Å². The zero-order valence-electron chi connectivity index (χ0n) is 10.5. The SMILES string of the molecule is CCC(C)(C#N)C(=O)NC(C)C1CCCC1. The molecule has 1 rings (SSSR count). The van der Waals surface area contributed by atoms with Crippen molar-refractivity contribution in [3.63, 3.8) is 0 Å². The molecule has 0 aromatic heterocycles. The van der Waals surface area contributed by atoms with Crippen molar-refractivity contribution in [3.05, 3.63) is 0 Å². The zero-order chi connectivity index (χ0) is 12.2. The van der Waals surface area contributed by atoms with Crippen LogP contribution in [-0.4, -0.2) is 11.9 Å². The van der Waals surface area contributed by atoms with E-state index in [0.717, 1.165) is 0 Å². The van der Waals surface area contributed by atoms with Gasteiger partial charge >= 0.3 is 0 Å². The molecule has 0 saturated heterocycles. The van der Waals surface area contributed by atoms with Crippen LogP contribution in [0.1, 0.15) is 52.9 Å². The first kappa shape index (κ1) is 13.0. The zero-order valence-corrected chi connectivity index (χ0v) is 10.5. The number of hydrogen-bond donors (Lipinski definition) is 1. The molecule has 0 aromatic rings. The van der Waals surface area contributed by atoms with E-state index in [9.17, 15) is 4.79 Å². The van der Waals surface area contributed by atoms with Crippen LogP contribution in [0.4, 0.5) is 0 Å². The molecule has 2 unspecified atom stereocenters. The van der Waals surface area contributed by atoms with Gasteiger partial charge in [0.25, 0.3) is 0 Å². The standard InChI is InChI=1S/C13H22N2O/c1-4-13(3,9-14)12(16)15-10(2)11-7-5-6-8-11/h10-11H,4-8H2,1-3H3,(H,15,16). The van der Waals surface area contributed by atoms with Crippen molar-refractivity contribution >= 4 is 5.91 Å². The topological polar surface area (TPSA) is 52.9 Å². The monoisotopic (exact) mass is 222 g/mol. The lowest BCUT2D eigenvalue weighted by Gasteiger charge is -2.25. The molecule has 3 nitrogen and oxygen atoms in total. The molecular formula is C13H22N2O. The highest BCUT2D eigenvalue weighted by Crippen LogP contribution is 2.28. The molecule has 1 amide bonds. The third kappa shape index (κ3) is 2.75. The Bertz CT molecular complexity index is 289. The maximum atomic E-state index is 12.0.